The monoisotopic (exact) mass is 424 g/mol. The molecule has 0 saturated heterocycles. The maximum atomic E-state index is 11.3. The first-order valence-electron chi connectivity index (χ1n) is 7.94. The average Bonchev–Trinajstić information content (AvgIpc) is 3.23. The number of sulfonamides is 1. The summed E-state index contributed by atoms with van der Waals surface area (Å²) in [5.74, 6) is -2.76. The van der Waals surface area contributed by atoms with Crippen LogP contribution in [-0.4, -0.2) is 59.5 Å². The van der Waals surface area contributed by atoms with E-state index in [0.717, 1.165) is 30.9 Å². The average molecular weight is 424 g/mol. The van der Waals surface area contributed by atoms with E-state index in [1.165, 1.54) is 6.26 Å². The molecule has 3 heterocycles. The maximum Gasteiger partial charge on any atom is 0.490 e. The Kier molecular flexibility index (Phi) is 6.85. The number of fused-ring (bicyclic) bond motifs is 1. The number of furan rings is 1. The van der Waals surface area contributed by atoms with E-state index in [1.54, 1.807) is 18.9 Å². The second kappa shape index (κ2) is 8.75. The predicted molar refractivity (Wildman–Crippen MR) is 90.6 cm³/mol. The number of aromatic nitrogens is 2. The van der Waals surface area contributed by atoms with Crippen molar-refractivity contribution in [1.82, 2.24) is 19.2 Å². The van der Waals surface area contributed by atoms with E-state index >= 15 is 0 Å². The van der Waals surface area contributed by atoms with Gasteiger partial charge in [-0.15, -0.1) is 0 Å². The van der Waals surface area contributed by atoms with Crippen LogP contribution >= 0.6 is 0 Å². The molecule has 0 amide bonds. The highest BCUT2D eigenvalue weighted by Gasteiger charge is 2.38. The molecule has 0 aliphatic carbocycles. The van der Waals surface area contributed by atoms with Gasteiger partial charge in [0.05, 0.1) is 36.8 Å². The molecule has 0 spiro atoms. The molecule has 3 rings (SSSR count). The van der Waals surface area contributed by atoms with Crippen molar-refractivity contribution in [2.24, 2.45) is 0 Å². The van der Waals surface area contributed by atoms with E-state index in [0.29, 0.717) is 6.54 Å². The third kappa shape index (κ3) is 6.65. The van der Waals surface area contributed by atoms with E-state index < -0.39 is 22.2 Å². The van der Waals surface area contributed by atoms with E-state index in [4.69, 9.17) is 14.3 Å². The Hall–Kier alpha value is -2.38. The molecule has 156 valence electrons. The lowest BCUT2D eigenvalue weighted by atomic mass is 10.1. The largest absolute Gasteiger partial charge is 0.490 e. The van der Waals surface area contributed by atoms with Gasteiger partial charge in [0.15, 0.2) is 0 Å². The number of nitrogens with one attached hydrogen (secondary N) is 1. The number of hydrogen-bond acceptors (Lipinski definition) is 6. The Bertz CT molecular complexity index is 880. The molecule has 28 heavy (non-hydrogen) atoms. The number of nitrogens with zero attached hydrogens (tertiary/aromatic N) is 3. The highest BCUT2D eigenvalue weighted by atomic mass is 32.2. The van der Waals surface area contributed by atoms with Crippen molar-refractivity contribution >= 4 is 16.0 Å². The van der Waals surface area contributed by atoms with Crippen molar-refractivity contribution in [3.63, 3.8) is 0 Å². The molecule has 0 bridgehead atoms. The first-order chi connectivity index (χ1) is 13.0. The number of aliphatic carboxylic acids is 1. The van der Waals surface area contributed by atoms with Gasteiger partial charge in [-0.25, -0.2) is 22.9 Å². The molecular weight excluding hydrogens is 405 g/mol. The maximum absolute atomic E-state index is 11.3. The van der Waals surface area contributed by atoms with E-state index in [-0.39, 0.29) is 6.04 Å². The molecule has 2 N–H and O–H groups in total. The van der Waals surface area contributed by atoms with Crippen LogP contribution in [0.3, 0.4) is 0 Å². The SMILES string of the molecule is CS(=O)(=O)NCC1CN(Cc2ccoc2)Cc2cncn21.O=C(O)C(F)(F)F. The molecule has 9 nitrogen and oxygen atoms in total. The Morgan fingerprint density at radius 2 is 2.14 bits per heavy atom. The number of rotatable bonds is 5. The minimum absolute atomic E-state index is 0.0397. The van der Waals surface area contributed by atoms with Crippen LogP contribution in [0.5, 0.6) is 0 Å². The minimum Gasteiger partial charge on any atom is -0.475 e. The summed E-state index contributed by atoms with van der Waals surface area (Å²) < 4.78 is 64.1. The Balaban J connectivity index is 0.000000345. The smallest absolute Gasteiger partial charge is 0.475 e. The molecule has 1 aliphatic heterocycles. The molecule has 0 aromatic carbocycles. The molecular formula is C15H19F3N4O5S. The molecule has 2 aromatic rings. The van der Waals surface area contributed by atoms with E-state index in [9.17, 15) is 21.6 Å². The van der Waals surface area contributed by atoms with Crippen LogP contribution < -0.4 is 4.72 Å². The number of imidazole rings is 1. The summed E-state index contributed by atoms with van der Waals surface area (Å²) in [5.41, 5.74) is 2.20. The summed E-state index contributed by atoms with van der Waals surface area (Å²) in [7, 11) is -3.19. The first kappa shape index (κ1) is 21.9. The highest BCUT2D eigenvalue weighted by Crippen LogP contribution is 2.22. The fraction of sp³-hybridized carbons (Fsp3) is 0.467. The van der Waals surface area contributed by atoms with Crippen LogP contribution in [0, 0.1) is 0 Å². The second-order valence-corrected chi connectivity index (χ2v) is 8.00. The number of carboxylic acid groups (broad SMARTS) is 1. The van der Waals surface area contributed by atoms with Crippen LogP contribution in [0.25, 0.3) is 0 Å². The van der Waals surface area contributed by atoms with Crippen LogP contribution in [0.15, 0.2) is 35.5 Å². The zero-order valence-corrected chi connectivity index (χ0v) is 15.6. The summed E-state index contributed by atoms with van der Waals surface area (Å²) >= 11 is 0. The molecule has 13 heteroatoms. The number of carbonyl (C=O) groups is 1. The van der Waals surface area contributed by atoms with Gasteiger partial charge in [-0.1, -0.05) is 0 Å². The number of alkyl halides is 3. The normalized spacial score (nSPS) is 17.5. The third-order valence-electron chi connectivity index (χ3n) is 3.80. The number of halogens is 3. The first-order valence-corrected chi connectivity index (χ1v) is 9.83. The molecule has 0 fully saturated rings. The fourth-order valence-corrected chi connectivity index (χ4v) is 3.13. The van der Waals surface area contributed by atoms with Crippen molar-refractivity contribution in [1.29, 1.82) is 0 Å². The van der Waals surface area contributed by atoms with Crippen LogP contribution in [0.2, 0.25) is 0 Å². The minimum atomic E-state index is -5.08. The van der Waals surface area contributed by atoms with Crippen molar-refractivity contribution in [2.75, 3.05) is 19.3 Å². The summed E-state index contributed by atoms with van der Waals surface area (Å²) in [5, 5.41) is 7.12. The molecule has 1 aliphatic rings. The summed E-state index contributed by atoms with van der Waals surface area (Å²) in [6, 6.07) is 1.98. The Labute approximate surface area is 158 Å². The fourth-order valence-electron chi connectivity index (χ4n) is 2.63. The zero-order valence-electron chi connectivity index (χ0n) is 14.8. The van der Waals surface area contributed by atoms with Gasteiger partial charge in [-0.3, -0.25) is 4.90 Å². The van der Waals surface area contributed by atoms with Crippen LogP contribution in [-0.2, 0) is 27.9 Å². The quantitative estimate of drug-likeness (QED) is 0.741. The predicted octanol–water partition coefficient (Wildman–Crippen LogP) is 1.22. The molecule has 1 unspecified atom stereocenters. The van der Waals surface area contributed by atoms with Gasteiger partial charge in [-0.2, -0.15) is 13.2 Å². The van der Waals surface area contributed by atoms with Crippen molar-refractivity contribution in [2.45, 2.75) is 25.3 Å². The molecule has 0 saturated carbocycles. The highest BCUT2D eigenvalue weighted by molar-refractivity contribution is 7.88. The second-order valence-electron chi connectivity index (χ2n) is 6.17. The summed E-state index contributed by atoms with van der Waals surface area (Å²) in [4.78, 5) is 15.3. The Morgan fingerprint density at radius 3 is 2.68 bits per heavy atom. The van der Waals surface area contributed by atoms with Crippen molar-refractivity contribution in [3.8, 4) is 0 Å². The van der Waals surface area contributed by atoms with Gasteiger partial charge >= 0.3 is 12.1 Å². The Morgan fingerprint density at radius 1 is 1.46 bits per heavy atom. The van der Waals surface area contributed by atoms with Gasteiger partial charge in [0, 0.05) is 37.9 Å². The van der Waals surface area contributed by atoms with Gasteiger partial charge in [0.2, 0.25) is 10.0 Å². The number of hydrogen-bond donors (Lipinski definition) is 2. The third-order valence-corrected chi connectivity index (χ3v) is 4.50. The van der Waals surface area contributed by atoms with Crippen LogP contribution in [0.1, 0.15) is 17.3 Å². The van der Waals surface area contributed by atoms with E-state index in [2.05, 4.69) is 14.6 Å². The van der Waals surface area contributed by atoms with Crippen LogP contribution in [0.4, 0.5) is 13.2 Å². The lowest BCUT2D eigenvalue weighted by molar-refractivity contribution is -0.192. The van der Waals surface area contributed by atoms with Crippen molar-refractivity contribution in [3.05, 3.63) is 42.4 Å². The zero-order chi connectivity index (χ0) is 20.9. The summed E-state index contributed by atoms with van der Waals surface area (Å²) in [6.45, 7) is 2.69. The summed E-state index contributed by atoms with van der Waals surface area (Å²) in [6.07, 6.45) is 3.07. The molecule has 1 atom stereocenters. The van der Waals surface area contributed by atoms with Crippen molar-refractivity contribution < 1.29 is 35.9 Å². The standard InChI is InChI=1S/C13H18N4O3S.C2HF3O2/c1-21(18,19)15-5-13-8-16(6-11-2-3-20-9-11)7-12-4-14-10-17(12)13;3-2(4,5)1(6)7/h2-4,9-10,13,15H,5-8H2,1H3;(H,6,7). The molecule has 2 aromatic heterocycles. The topological polar surface area (TPSA) is 118 Å². The lowest BCUT2D eigenvalue weighted by Crippen LogP contribution is -2.41. The number of carboxylic acids is 1. The van der Waals surface area contributed by atoms with Gasteiger partial charge in [-0.05, 0) is 6.07 Å². The van der Waals surface area contributed by atoms with Gasteiger partial charge in [0.25, 0.3) is 0 Å². The van der Waals surface area contributed by atoms with E-state index in [1.807, 2.05) is 16.8 Å². The van der Waals surface area contributed by atoms with Gasteiger partial charge < -0.3 is 14.1 Å². The van der Waals surface area contributed by atoms with Gasteiger partial charge in [0.1, 0.15) is 0 Å². The molecule has 0 radical (unpaired) electrons. The lowest BCUT2D eigenvalue weighted by Gasteiger charge is -2.34.